The van der Waals surface area contributed by atoms with Crippen LogP contribution in [0.3, 0.4) is 0 Å². The molecule has 0 spiro atoms. The Hall–Kier alpha value is -1.16. The molecule has 2 aromatic rings. The van der Waals surface area contributed by atoms with Crippen LogP contribution in [0.4, 0.5) is 0 Å². The molecule has 2 atom stereocenters. The first kappa shape index (κ1) is 15.4. The smallest absolute Gasteiger partial charge is 0.0740 e. The number of nitrogens with zero attached hydrogens (tertiary/aromatic N) is 2. The maximum absolute atomic E-state index is 6.65. The normalized spacial score (nSPS) is 25.5. The minimum absolute atomic E-state index is 0.401. The lowest BCUT2D eigenvalue weighted by atomic mass is 9.90. The highest BCUT2D eigenvalue weighted by Gasteiger charge is 2.34. The second-order valence-corrected chi connectivity index (χ2v) is 7.12. The summed E-state index contributed by atoms with van der Waals surface area (Å²) < 4.78 is 5.98. The molecule has 1 aromatic carbocycles. The molecule has 1 aromatic heterocycles. The molecule has 4 rings (SSSR count). The molecule has 2 heterocycles. The number of aromatic nitrogens is 1. The van der Waals surface area contributed by atoms with Crippen molar-refractivity contribution in [3.05, 3.63) is 40.5 Å². The molecule has 2 unspecified atom stereocenters. The molecule has 0 N–H and O–H groups in total. The zero-order valence-corrected chi connectivity index (χ0v) is 14.4. The van der Waals surface area contributed by atoms with Crippen molar-refractivity contribution in [3.8, 4) is 0 Å². The lowest BCUT2D eigenvalue weighted by Crippen LogP contribution is -2.52. The maximum Gasteiger partial charge on any atom is 0.0740 e. The predicted octanol–water partition coefficient (Wildman–Crippen LogP) is 4.34. The van der Waals surface area contributed by atoms with E-state index in [2.05, 4.69) is 24.0 Å². The van der Waals surface area contributed by atoms with Gasteiger partial charge in [-0.2, -0.15) is 0 Å². The summed E-state index contributed by atoms with van der Waals surface area (Å²) in [6.07, 6.45) is 5.42. The first-order valence-corrected chi connectivity index (χ1v) is 9.01. The zero-order valence-electron chi connectivity index (χ0n) is 13.6. The van der Waals surface area contributed by atoms with Gasteiger partial charge in [0.15, 0.2) is 0 Å². The number of para-hydroxylation sites is 1. The molecule has 0 bridgehead atoms. The fourth-order valence-electron chi connectivity index (χ4n) is 4.09. The topological polar surface area (TPSA) is 25.4 Å². The number of hydrogen-bond acceptors (Lipinski definition) is 3. The van der Waals surface area contributed by atoms with Gasteiger partial charge in [-0.05, 0) is 31.4 Å². The number of rotatable bonds is 2. The molecule has 23 heavy (non-hydrogen) atoms. The molecule has 2 fully saturated rings. The first-order chi connectivity index (χ1) is 11.2. The van der Waals surface area contributed by atoms with E-state index >= 15 is 0 Å². The Labute approximate surface area is 142 Å². The number of benzene rings is 1. The molecule has 122 valence electrons. The minimum Gasteiger partial charge on any atom is -0.375 e. The van der Waals surface area contributed by atoms with Gasteiger partial charge >= 0.3 is 0 Å². The van der Waals surface area contributed by atoms with Crippen molar-refractivity contribution in [3.63, 3.8) is 0 Å². The van der Waals surface area contributed by atoms with Crippen LogP contribution in [-0.2, 0) is 11.3 Å². The van der Waals surface area contributed by atoms with Gasteiger partial charge in [-0.25, -0.2) is 4.98 Å². The third-order valence-corrected chi connectivity index (χ3v) is 5.85. The second-order valence-electron chi connectivity index (χ2n) is 6.75. The van der Waals surface area contributed by atoms with Gasteiger partial charge in [-0.15, -0.1) is 0 Å². The van der Waals surface area contributed by atoms with Crippen LogP contribution in [0.5, 0.6) is 0 Å². The number of morpholine rings is 1. The van der Waals surface area contributed by atoms with Gasteiger partial charge in [0.05, 0.1) is 28.9 Å². The average Bonchev–Trinajstić information content (AvgIpc) is 2.60. The van der Waals surface area contributed by atoms with Crippen LogP contribution in [-0.4, -0.2) is 35.2 Å². The highest BCUT2D eigenvalue weighted by Crippen LogP contribution is 2.32. The summed E-state index contributed by atoms with van der Waals surface area (Å²) >= 11 is 6.65. The van der Waals surface area contributed by atoms with Gasteiger partial charge in [-0.1, -0.05) is 42.6 Å². The van der Waals surface area contributed by atoms with Crippen molar-refractivity contribution in [1.82, 2.24) is 9.88 Å². The van der Waals surface area contributed by atoms with Crippen molar-refractivity contribution in [2.45, 2.75) is 51.3 Å². The van der Waals surface area contributed by atoms with Crippen LogP contribution in [0.2, 0.25) is 5.02 Å². The van der Waals surface area contributed by atoms with Gasteiger partial charge in [0.1, 0.15) is 0 Å². The van der Waals surface area contributed by atoms with E-state index in [-0.39, 0.29) is 0 Å². The standard InChI is InChI=1S/C19H23ClN2O/c1-13-14-6-2-3-7-15(14)21-16(19(13)20)12-22-10-11-23-18-9-5-4-8-17(18)22/h2-3,6-7,17-18H,4-5,8-12H2,1H3. The van der Waals surface area contributed by atoms with Crippen molar-refractivity contribution in [1.29, 1.82) is 0 Å². The number of fused-ring (bicyclic) bond motifs is 2. The fourth-order valence-corrected chi connectivity index (χ4v) is 4.29. The summed E-state index contributed by atoms with van der Waals surface area (Å²) in [6, 6.07) is 8.78. The van der Waals surface area contributed by atoms with E-state index in [4.69, 9.17) is 21.3 Å². The molecule has 1 saturated heterocycles. The van der Waals surface area contributed by atoms with E-state index in [9.17, 15) is 0 Å². The molecular formula is C19H23ClN2O. The summed E-state index contributed by atoms with van der Waals surface area (Å²) in [5.74, 6) is 0. The van der Waals surface area contributed by atoms with Crippen LogP contribution in [0.25, 0.3) is 10.9 Å². The first-order valence-electron chi connectivity index (χ1n) is 8.63. The van der Waals surface area contributed by atoms with E-state index in [1.807, 2.05) is 12.1 Å². The Balaban J connectivity index is 1.65. The Bertz CT molecular complexity index is 716. The van der Waals surface area contributed by atoms with E-state index in [1.54, 1.807) is 0 Å². The summed E-state index contributed by atoms with van der Waals surface area (Å²) in [5, 5.41) is 1.97. The Morgan fingerprint density at radius 2 is 2.09 bits per heavy atom. The van der Waals surface area contributed by atoms with Gasteiger partial charge in [0.2, 0.25) is 0 Å². The highest BCUT2D eigenvalue weighted by atomic mass is 35.5. The highest BCUT2D eigenvalue weighted by molar-refractivity contribution is 6.32. The number of halogens is 1. The zero-order chi connectivity index (χ0) is 15.8. The molecule has 1 aliphatic heterocycles. The van der Waals surface area contributed by atoms with Gasteiger partial charge in [0, 0.05) is 24.5 Å². The summed E-state index contributed by atoms with van der Waals surface area (Å²) in [4.78, 5) is 7.39. The van der Waals surface area contributed by atoms with E-state index in [0.717, 1.165) is 46.9 Å². The summed E-state index contributed by atoms with van der Waals surface area (Å²) in [6.45, 7) is 4.73. The van der Waals surface area contributed by atoms with Crippen molar-refractivity contribution in [2.24, 2.45) is 0 Å². The monoisotopic (exact) mass is 330 g/mol. The van der Waals surface area contributed by atoms with E-state index in [0.29, 0.717) is 12.1 Å². The largest absolute Gasteiger partial charge is 0.375 e. The SMILES string of the molecule is Cc1c(Cl)c(CN2CCOC3CCCCC32)nc2ccccc12. The minimum atomic E-state index is 0.401. The van der Waals surface area contributed by atoms with E-state index < -0.39 is 0 Å². The lowest BCUT2D eigenvalue weighted by molar-refractivity contribution is -0.0914. The van der Waals surface area contributed by atoms with Crippen LogP contribution in [0.1, 0.15) is 36.9 Å². The van der Waals surface area contributed by atoms with Gasteiger partial charge < -0.3 is 4.74 Å². The third-order valence-electron chi connectivity index (χ3n) is 5.35. The average molecular weight is 331 g/mol. The number of hydrogen-bond donors (Lipinski definition) is 0. The van der Waals surface area contributed by atoms with Gasteiger partial charge in [0.25, 0.3) is 0 Å². The molecule has 1 aliphatic carbocycles. The molecule has 2 aliphatic rings. The van der Waals surface area contributed by atoms with Crippen molar-refractivity contribution < 1.29 is 4.74 Å². The quantitative estimate of drug-likeness (QED) is 0.819. The number of ether oxygens (including phenoxy) is 1. The lowest BCUT2D eigenvalue weighted by Gasteiger charge is -2.43. The molecular weight excluding hydrogens is 308 g/mol. The Kier molecular flexibility index (Phi) is 4.27. The number of aryl methyl sites for hydroxylation is 1. The Morgan fingerprint density at radius 3 is 3.00 bits per heavy atom. The van der Waals surface area contributed by atoms with Crippen LogP contribution in [0.15, 0.2) is 24.3 Å². The molecule has 1 saturated carbocycles. The van der Waals surface area contributed by atoms with Crippen LogP contribution < -0.4 is 0 Å². The molecule has 0 amide bonds. The third kappa shape index (κ3) is 2.86. The second kappa shape index (κ2) is 6.39. The van der Waals surface area contributed by atoms with E-state index in [1.165, 1.54) is 25.7 Å². The van der Waals surface area contributed by atoms with Crippen LogP contribution >= 0.6 is 11.6 Å². The maximum atomic E-state index is 6.65. The van der Waals surface area contributed by atoms with Gasteiger partial charge in [-0.3, -0.25) is 4.90 Å². The molecule has 4 heteroatoms. The van der Waals surface area contributed by atoms with Crippen molar-refractivity contribution >= 4 is 22.5 Å². The molecule has 0 radical (unpaired) electrons. The number of pyridine rings is 1. The Morgan fingerprint density at radius 1 is 1.26 bits per heavy atom. The van der Waals surface area contributed by atoms with Crippen molar-refractivity contribution in [2.75, 3.05) is 13.2 Å². The summed E-state index contributed by atoms with van der Waals surface area (Å²) in [7, 11) is 0. The molecule has 3 nitrogen and oxygen atoms in total. The predicted molar refractivity (Wildman–Crippen MR) is 93.9 cm³/mol. The fraction of sp³-hybridized carbons (Fsp3) is 0.526. The summed E-state index contributed by atoms with van der Waals surface area (Å²) in [5.41, 5.74) is 3.19. The van der Waals surface area contributed by atoms with Crippen LogP contribution in [0, 0.1) is 6.92 Å².